The van der Waals surface area contributed by atoms with E-state index in [1.165, 1.54) is 30.4 Å². The van der Waals surface area contributed by atoms with Crippen LogP contribution in [0.4, 0.5) is 0 Å². The summed E-state index contributed by atoms with van der Waals surface area (Å²) >= 11 is 0. The Kier molecular flexibility index (Phi) is 25.5. The van der Waals surface area contributed by atoms with E-state index >= 15 is 0 Å². The molecule has 1 saturated heterocycles. The van der Waals surface area contributed by atoms with Crippen LogP contribution in [-0.4, -0.2) is 53.4 Å². The maximum atomic E-state index is 11.6. The number of rotatable bonds is 11. The van der Waals surface area contributed by atoms with Gasteiger partial charge in [0.25, 0.3) is 0 Å². The molecule has 1 amide bonds. The molecule has 250 valence electrons. The molecule has 0 bridgehead atoms. The van der Waals surface area contributed by atoms with E-state index in [1.54, 1.807) is 6.08 Å². The number of nitrogens with zero attached hydrogens (tertiary/aromatic N) is 2. The first-order valence-corrected chi connectivity index (χ1v) is 16.4. The number of aliphatic hydroxyl groups is 1. The summed E-state index contributed by atoms with van der Waals surface area (Å²) in [6, 6.07) is 8.90. The van der Waals surface area contributed by atoms with Crippen LogP contribution in [0.25, 0.3) is 0 Å². The minimum atomic E-state index is -0.392. The number of β-amino-alcohol motifs (C(OH)–C–C–N with tert-alkyl or cyclic N) is 1. The van der Waals surface area contributed by atoms with Gasteiger partial charge in [-0.25, -0.2) is 6.58 Å². The Morgan fingerprint density at radius 3 is 2.33 bits per heavy atom. The Labute approximate surface area is 303 Å². The molecule has 0 radical (unpaired) electrons. The fourth-order valence-corrected chi connectivity index (χ4v) is 4.98. The fraction of sp³-hybridized carbons (Fsp3) is 0.538. The van der Waals surface area contributed by atoms with Gasteiger partial charge in [0.15, 0.2) is 0 Å². The minimum Gasteiger partial charge on any atom is -0.402 e. The average molecular weight is 640 g/mol. The Bertz CT molecular complexity index is 1160. The third-order valence-corrected chi connectivity index (χ3v) is 8.22. The van der Waals surface area contributed by atoms with Crippen molar-refractivity contribution < 1.29 is 39.5 Å². The van der Waals surface area contributed by atoms with Crippen LogP contribution in [0.1, 0.15) is 110 Å². The van der Waals surface area contributed by atoms with Crippen molar-refractivity contribution in [3.8, 4) is 6.07 Å². The summed E-state index contributed by atoms with van der Waals surface area (Å²) in [6.45, 7) is 32.9. The van der Waals surface area contributed by atoms with Gasteiger partial charge in [0.2, 0.25) is 0 Å². The standard InChI is InChI=1S/C17H18N3O.C12H25NO.C6H9.C4H8.Na/c1-3-12-4-5-13(10-19)16(6-12)14-7-15(8-14)20-17(21)11(2)9-18;1-4-5-6-10(2)11(3)13-8-7-12(14)9-13;1-4-6(3)5-2;1-4(2)3;/h2,4-6,9,14-15,18H,3,7-8H2,1H3,(H,20,21);10-12,14H,4-9H2,1-3H3;4-5H,1,3H2,2H3;1H2,2-3H3;/q-1;;-1;;+1/b;;6-5-;;. The number of hydrogen-bond donors (Lipinski definition) is 3. The number of hydrogen-bond acceptors (Lipinski definition) is 5. The van der Waals surface area contributed by atoms with Gasteiger partial charge in [-0.05, 0) is 81.9 Å². The van der Waals surface area contributed by atoms with Crippen LogP contribution in [0.3, 0.4) is 0 Å². The summed E-state index contributed by atoms with van der Waals surface area (Å²) in [5.41, 5.74) is 5.08. The topological polar surface area (TPSA) is 100 Å². The molecule has 6 nitrogen and oxygen atoms in total. The van der Waals surface area contributed by atoms with Gasteiger partial charge in [-0.15, -0.1) is 12.2 Å². The molecule has 3 rings (SSSR count). The first-order chi connectivity index (χ1) is 21.3. The number of nitriles is 1. The van der Waals surface area contributed by atoms with Crippen molar-refractivity contribution in [2.24, 2.45) is 5.92 Å². The molecule has 1 aliphatic carbocycles. The molecule has 1 saturated carbocycles. The van der Waals surface area contributed by atoms with Crippen molar-refractivity contribution in [3.63, 3.8) is 0 Å². The van der Waals surface area contributed by atoms with Crippen molar-refractivity contribution in [2.45, 2.75) is 118 Å². The van der Waals surface area contributed by atoms with E-state index in [0.717, 1.165) is 62.0 Å². The summed E-state index contributed by atoms with van der Waals surface area (Å²) < 4.78 is 0. The predicted octanol–water partition coefficient (Wildman–Crippen LogP) is 5.30. The van der Waals surface area contributed by atoms with E-state index in [2.05, 4.69) is 70.1 Å². The van der Waals surface area contributed by atoms with E-state index in [4.69, 9.17) is 12.0 Å². The smallest absolute Gasteiger partial charge is 0.402 e. The molecule has 7 heteroatoms. The van der Waals surface area contributed by atoms with E-state index in [-0.39, 0.29) is 47.3 Å². The van der Waals surface area contributed by atoms with Crippen molar-refractivity contribution >= 4 is 12.1 Å². The molecule has 3 N–H and O–H groups in total. The summed E-state index contributed by atoms with van der Waals surface area (Å²) in [6.07, 6.45) is 11.9. The zero-order valence-corrected chi connectivity index (χ0v) is 32.2. The molecular weight excluding hydrogens is 579 g/mol. The number of carbonyl (C=O) groups is 1. The Morgan fingerprint density at radius 2 is 1.91 bits per heavy atom. The van der Waals surface area contributed by atoms with Gasteiger partial charge in [0.05, 0.1) is 17.7 Å². The van der Waals surface area contributed by atoms with Crippen LogP contribution in [0.5, 0.6) is 0 Å². The van der Waals surface area contributed by atoms with Crippen LogP contribution in [0.15, 0.2) is 60.2 Å². The molecule has 2 aliphatic rings. The Balaban J connectivity index is 0. The van der Waals surface area contributed by atoms with Crippen LogP contribution in [-0.2, 0) is 11.2 Å². The first kappa shape index (κ1) is 45.7. The summed E-state index contributed by atoms with van der Waals surface area (Å²) in [5, 5.41) is 28.4. The fourth-order valence-electron chi connectivity index (χ4n) is 4.98. The number of nitrogens with one attached hydrogen (secondary N) is 2. The van der Waals surface area contributed by atoms with Gasteiger partial charge >= 0.3 is 29.6 Å². The number of allylic oxidation sites excluding steroid dienone is 4. The van der Waals surface area contributed by atoms with Gasteiger partial charge in [-0.2, -0.15) is 36.5 Å². The molecule has 0 aromatic heterocycles. The van der Waals surface area contributed by atoms with Crippen molar-refractivity contribution in [1.82, 2.24) is 10.2 Å². The van der Waals surface area contributed by atoms with Gasteiger partial charge in [-0.3, -0.25) is 4.90 Å². The first-order valence-electron chi connectivity index (χ1n) is 16.4. The van der Waals surface area contributed by atoms with Crippen LogP contribution in [0.2, 0.25) is 0 Å². The maximum absolute atomic E-state index is 11.6. The van der Waals surface area contributed by atoms with Crippen molar-refractivity contribution in [2.75, 3.05) is 13.1 Å². The molecule has 46 heavy (non-hydrogen) atoms. The van der Waals surface area contributed by atoms with E-state index in [0.29, 0.717) is 17.5 Å². The molecular formula is C39H60N4NaO2-. The third-order valence-electron chi connectivity index (χ3n) is 8.22. The molecule has 3 unspecified atom stereocenters. The third kappa shape index (κ3) is 18.1. The maximum Gasteiger partial charge on any atom is 1.00 e. The zero-order chi connectivity index (χ0) is 34.5. The number of unbranched alkanes of at least 4 members (excludes halogenated alkanes) is 1. The molecule has 0 spiro atoms. The molecule has 1 aromatic rings. The Morgan fingerprint density at radius 1 is 1.30 bits per heavy atom. The average Bonchev–Trinajstić information content (AvgIpc) is 3.45. The predicted molar refractivity (Wildman–Crippen MR) is 191 cm³/mol. The second kappa shape index (κ2) is 25.7. The molecule has 2 fully saturated rings. The monoisotopic (exact) mass is 639 g/mol. The number of aliphatic hydroxyl groups excluding tert-OH is 1. The van der Waals surface area contributed by atoms with Crippen LogP contribution in [0, 0.1) is 36.2 Å². The Hall–Kier alpha value is -2.40. The van der Waals surface area contributed by atoms with Crippen molar-refractivity contribution in [1.29, 1.82) is 10.7 Å². The largest absolute Gasteiger partial charge is 1.00 e. The van der Waals surface area contributed by atoms with Gasteiger partial charge in [0.1, 0.15) is 5.91 Å². The number of carbonyl (C=O) groups excluding carboxylic acids is 1. The second-order valence-corrected chi connectivity index (χ2v) is 12.4. The van der Waals surface area contributed by atoms with E-state index in [9.17, 15) is 15.2 Å². The van der Waals surface area contributed by atoms with E-state index < -0.39 is 5.91 Å². The summed E-state index contributed by atoms with van der Waals surface area (Å²) in [4.78, 5) is 14.0. The van der Waals surface area contributed by atoms with Crippen molar-refractivity contribution in [3.05, 3.63) is 90.4 Å². The number of likely N-dealkylation sites (tertiary alicyclic amines) is 1. The quantitative estimate of drug-likeness (QED) is 0.0765. The SMILES string of the molecule is C=C(C)C.C=C/C([CH2-])=C\C.CCCCC(C)C(C)N1CCC(O)C1.[CH-]=C(C=N)C(=O)NC1CC(c2cc(CC)ccc2C#N)C1.[Na+]. The zero-order valence-electron chi connectivity index (χ0n) is 30.2. The van der Waals surface area contributed by atoms with Gasteiger partial charge in [0, 0.05) is 25.2 Å². The molecule has 1 aliphatic heterocycles. The number of benzene rings is 1. The number of amides is 1. The summed E-state index contributed by atoms with van der Waals surface area (Å²) in [7, 11) is 0. The van der Waals surface area contributed by atoms with Gasteiger partial charge < -0.3 is 20.6 Å². The second-order valence-electron chi connectivity index (χ2n) is 12.4. The molecule has 3 atom stereocenters. The van der Waals surface area contributed by atoms with E-state index in [1.807, 2.05) is 39.0 Å². The molecule has 1 heterocycles. The van der Waals surface area contributed by atoms with Crippen LogP contribution >= 0.6 is 0 Å². The minimum absolute atomic E-state index is 0. The van der Waals surface area contributed by atoms with Gasteiger partial charge in [-0.1, -0.05) is 64.5 Å². The molecule has 1 aromatic carbocycles. The normalized spacial score (nSPS) is 19.6. The van der Waals surface area contributed by atoms with Crippen LogP contribution < -0.4 is 34.9 Å². The summed E-state index contributed by atoms with van der Waals surface area (Å²) in [5.74, 6) is 0.675. The number of aryl methyl sites for hydroxylation is 1.